The molecule has 3 rings (SSSR count). The van der Waals surface area contributed by atoms with Crippen LogP contribution in [-0.2, 0) is 0 Å². The Hall–Kier alpha value is -2.89. The third-order valence-corrected chi connectivity index (χ3v) is 3.81. The molecule has 0 atom stereocenters. The summed E-state index contributed by atoms with van der Waals surface area (Å²) in [6.07, 6.45) is 2.82. The van der Waals surface area contributed by atoms with Crippen LogP contribution in [0.5, 0.6) is 5.75 Å². The summed E-state index contributed by atoms with van der Waals surface area (Å²) in [6.45, 7) is 5.24. The van der Waals surface area contributed by atoms with E-state index in [-0.39, 0.29) is 0 Å². The van der Waals surface area contributed by atoms with Crippen molar-refractivity contribution in [3.8, 4) is 28.7 Å². The monoisotopic (exact) mass is 338 g/mol. The molecule has 0 bridgehead atoms. The first-order chi connectivity index (χ1) is 12.2. The Kier molecular flexibility index (Phi) is 5.28. The molecule has 25 heavy (non-hydrogen) atoms. The molecule has 6 heteroatoms. The molecule has 0 saturated heterocycles. The standard InChI is InChI=1S/C19H22N4O2/c1-13(2)10-12-21-17-16(5-4-11-20-17)19-23-22-18(25-19)14-6-8-15(24-3)9-7-14/h4-9,11,13H,10,12H2,1-3H3,(H,20,21). The molecule has 0 aliphatic carbocycles. The van der Waals surface area contributed by atoms with E-state index in [4.69, 9.17) is 9.15 Å². The molecular formula is C19H22N4O2. The topological polar surface area (TPSA) is 73.1 Å². The fourth-order valence-corrected chi connectivity index (χ4v) is 2.38. The van der Waals surface area contributed by atoms with Crippen LogP contribution in [0.25, 0.3) is 22.9 Å². The maximum absolute atomic E-state index is 5.85. The zero-order valence-corrected chi connectivity index (χ0v) is 14.7. The van der Waals surface area contributed by atoms with Crippen LogP contribution >= 0.6 is 0 Å². The molecule has 130 valence electrons. The third kappa shape index (κ3) is 4.15. The van der Waals surface area contributed by atoms with E-state index >= 15 is 0 Å². The molecule has 0 unspecified atom stereocenters. The van der Waals surface area contributed by atoms with Crippen LogP contribution in [0.2, 0.25) is 0 Å². The molecule has 1 N–H and O–H groups in total. The molecule has 0 saturated carbocycles. The summed E-state index contributed by atoms with van der Waals surface area (Å²) in [5.74, 6) is 3.09. The fourth-order valence-electron chi connectivity index (χ4n) is 2.38. The Balaban J connectivity index is 1.82. The van der Waals surface area contributed by atoms with Crippen LogP contribution in [-0.4, -0.2) is 28.8 Å². The number of benzene rings is 1. The van der Waals surface area contributed by atoms with Crippen LogP contribution < -0.4 is 10.1 Å². The Morgan fingerprint density at radius 1 is 1.08 bits per heavy atom. The highest BCUT2D eigenvalue weighted by molar-refractivity contribution is 5.69. The molecule has 0 aliphatic rings. The molecule has 0 spiro atoms. The van der Waals surface area contributed by atoms with E-state index in [0.717, 1.165) is 35.7 Å². The normalized spacial score (nSPS) is 10.9. The summed E-state index contributed by atoms with van der Waals surface area (Å²) in [4.78, 5) is 4.40. The van der Waals surface area contributed by atoms with E-state index in [9.17, 15) is 0 Å². The lowest BCUT2D eigenvalue weighted by Crippen LogP contribution is -2.07. The number of rotatable bonds is 7. The van der Waals surface area contributed by atoms with Crippen LogP contribution in [0, 0.1) is 5.92 Å². The summed E-state index contributed by atoms with van der Waals surface area (Å²) >= 11 is 0. The van der Waals surface area contributed by atoms with Gasteiger partial charge in [0, 0.05) is 18.3 Å². The van der Waals surface area contributed by atoms with Gasteiger partial charge in [0.15, 0.2) is 0 Å². The SMILES string of the molecule is COc1ccc(-c2nnc(-c3cccnc3NCCC(C)C)o2)cc1. The predicted molar refractivity (Wildman–Crippen MR) is 97.5 cm³/mol. The van der Waals surface area contributed by atoms with Crippen LogP contribution in [0.1, 0.15) is 20.3 Å². The van der Waals surface area contributed by atoms with Crippen molar-refractivity contribution in [1.82, 2.24) is 15.2 Å². The highest BCUT2D eigenvalue weighted by Crippen LogP contribution is 2.28. The summed E-state index contributed by atoms with van der Waals surface area (Å²) in [5.41, 5.74) is 1.65. The van der Waals surface area contributed by atoms with Crippen LogP contribution in [0.15, 0.2) is 47.0 Å². The van der Waals surface area contributed by atoms with Gasteiger partial charge in [-0.1, -0.05) is 13.8 Å². The van der Waals surface area contributed by atoms with Gasteiger partial charge in [0.05, 0.1) is 12.7 Å². The summed E-state index contributed by atoms with van der Waals surface area (Å²) in [5, 5.41) is 11.7. The third-order valence-electron chi connectivity index (χ3n) is 3.81. The van der Waals surface area contributed by atoms with Gasteiger partial charge >= 0.3 is 0 Å². The molecular weight excluding hydrogens is 316 g/mol. The first-order valence-corrected chi connectivity index (χ1v) is 8.34. The number of nitrogens with zero attached hydrogens (tertiary/aromatic N) is 3. The van der Waals surface area contributed by atoms with Gasteiger partial charge in [0.25, 0.3) is 5.89 Å². The number of hydrogen-bond acceptors (Lipinski definition) is 6. The highest BCUT2D eigenvalue weighted by Gasteiger charge is 2.14. The quantitative estimate of drug-likeness (QED) is 0.694. The van der Waals surface area contributed by atoms with Crippen LogP contribution in [0.3, 0.4) is 0 Å². The maximum atomic E-state index is 5.85. The molecule has 0 aliphatic heterocycles. The number of methoxy groups -OCH3 is 1. The molecule has 1 aromatic carbocycles. The molecule has 0 radical (unpaired) electrons. The Bertz CT molecular complexity index is 812. The van der Waals surface area contributed by atoms with Crippen molar-refractivity contribution >= 4 is 5.82 Å². The van der Waals surface area contributed by atoms with E-state index in [0.29, 0.717) is 17.7 Å². The summed E-state index contributed by atoms with van der Waals surface area (Å²) in [7, 11) is 1.63. The molecule has 3 aromatic rings. The van der Waals surface area contributed by atoms with Gasteiger partial charge in [-0.2, -0.15) is 0 Å². The Labute approximate surface area is 147 Å². The Morgan fingerprint density at radius 2 is 1.84 bits per heavy atom. The number of ether oxygens (including phenoxy) is 1. The number of hydrogen-bond donors (Lipinski definition) is 1. The number of pyridine rings is 1. The van der Waals surface area contributed by atoms with Crippen molar-refractivity contribution in [2.24, 2.45) is 5.92 Å². The number of aromatic nitrogens is 3. The van der Waals surface area contributed by atoms with Gasteiger partial charge in [-0.15, -0.1) is 10.2 Å². The summed E-state index contributed by atoms with van der Waals surface area (Å²) < 4.78 is 11.0. The van der Waals surface area contributed by atoms with Crippen LogP contribution in [0.4, 0.5) is 5.82 Å². The first-order valence-electron chi connectivity index (χ1n) is 8.34. The van der Waals surface area contributed by atoms with Gasteiger partial charge in [0.2, 0.25) is 5.89 Å². The van der Waals surface area contributed by atoms with E-state index in [1.807, 2.05) is 36.4 Å². The lowest BCUT2D eigenvalue weighted by molar-refractivity contribution is 0.415. The molecule has 2 aromatic heterocycles. The van der Waals surface area contributed by atoms with Crippen molar-refractivity contribution in [3.05, 3.63) is 42.6 Å². The lowest BCUT2D eigenvalue weighted by Gasteiger charge is -2.09. The zero-order valence-electron chi connectivity index (χ0n) is 14.7. The average Bonchev–Trinajstić information content (AvgIpc) is 3.12. The van der Waals surface area contributed by atoms with E-state index in [2.05, 4.69) is 34.3 Å². The molecule has 0 fully saturated rings. The second kappa shape index (κ2) is 7.79. The van der Waals surface area contributed by atoms with E-state index < -0.39 is 0 Å². The van der Waals surface area contributed by atoms with Crippen molar-refractivity contribution < 1.29 is 9.15 Å². The van der Waals surface area contributed by atoms with E-state index in [1.165, 1.54) is 0 Å². The summed E-state index contributed by atoms with van der Waals surface area (Å²) in [6, 6.07) is 11.3. The predicted octanol–water partition coefficient (Wildman–Crippen LogP) is 4.27. The minimum atomic E-state index is 0.450. The minimum absolute atomic E-state index is 0.450. The molecule has 2 heterocycles. The van der Waals surface area contributed by atoms with Gasteiger partial charge in [0.1, 0.15) is 11.6 Å². The number of nitrogens with one attached hydrogen (secondary N) is 1. The molecule has 6 nitrogen and oxygen atoms in total. The average molecular weight is 338 g/mol. The smallest absolute Gasteiger partial charge is 0.251 e. The lowest BCUT2D eigenvalue weighted by atomic mass is 10.1. The first kappa shape index (κ1) is 17.0. The van der Waals surface area contributed by atoms with Gasteiger partial charge in [-0.3, -0.25) is 0 Å². The van der Waals surface area contributed by atoms with Crippen molar-refractivity contribution in [2.45, 2.75) is 20.3 Å². The van der Waals surface area contributed by atoms with Gasteiger partial charge in [-0.25, -0.2) is 4.98 Å². The maximum Gasteiger partial charge on any atom is 0.251 e. The highest BCUT2D eigenvalue weighted by atomic mass is 16.5. The second-order valence-electron chi connectivity index (χ2n) is 6.15. The second-order valence-corrected chi connectivity index (χ2v) is 6.15. The van der Waals surface area contributed by atoms with Crippen molar-refractivity contribution in [1.29, 1.82) is 0 Å². The largest absolute Gasteiger partial charge is 0.497 e. The van der Waals surface area contributed by atoms with Crippen molar-refractivity contribution in [3.63, 3.8) is 0 Å². The zero-order chi connectivity index (χ0) is 17.6. The van der Waals surface area contributed by atoms with Crippen molar-refractivity contribution in [2.75, 3.05) is 19.0 Å². The minimum Gasteiger partial charge on any atom is -0.497 e. The van der Waals surface area contributed by atoms with Gasteiger partial charge < -0.3 is 14.5 Å². The Morgan fingerprint density at radius 3 is 2.56 bits per heavy atom. The molecule has 0 amide bonds. The van der Waals surface area contributed by atoms with E-state index in [1.54, 1.807) is 13.3 Å². The van der Waals surface area contributed by atoms with Gasteiger partial charge in [-0.05, 0) is 48.7 Å². The fraction of sp³-hybridized carbons (Fsp3) is 0.316. The number of anilines is 1.